The maximum atomic E-state index is 11.5. The summed E-state index contributed by atoms with van der Waals surface area (Å²) in [4.78, 5) is 11.5. The summed E-state index contributed by atoms with van der Waals surface area (Å²) in [6.45, 7) is 3.66. The summed E-state index contributed by atoms with van der Waals surface area (Å²) in [7, 11) is 1.56. The van der Waals surface area contributed by atoms with E-state index in [2.05, 4.69) is 5.32 Å². The van der Waals surface area contributed by atoms with E-state index in [9.17, 15) is 4.79 Å². The fourth-order valence-electron chi connectivity index (χ4n) is 1.70. The quantitative estimate of drug-likeness (QED) is 0.911. The summed E-state index contributed by atoms with van der Waals surface area (Å²) in [6, 6.07) is 7.02. The van der Waals surface area contributed by atoms with Crippen molar-refractivity contribution in [3.8, 4) is 11.8 Å². The summed E-state index contributed by atoms with van der Waals surface area (Å²) in [5, 5.41) is 11.8. The molecule has 0 atom stereocenters. The first kappa shape index (κ1) is 14.3. The molecule has 0 spiro atoms. The van der Waals surface area contributed by atoms with Gasteiger partial charge in [-0.1, -0.05) is 11.6 Å². The molecule has 0 unspecified atom stereocenters. The molecule has 0 saturated heterocycles. The van der Waals surface area contributed by atoms with Gasteiger partial charge in [-0.3, -0.25) is 4.79 Å². The molecule has 0 aliphatic rings. The Labute approximate surface area is 112 Å². The predicted molar refractivity (Wildman–Crippen MR) is 69.4 cm³/mol. The van der Waals surface area contributed by atoms with E-state index in [1.807, 2.05) is 19.9 Å². The van der Waals surface area contributed by atoms with E-state index in [1.165, 1.54) is 0 Å². The Hall–Kier alpha value is -1.73. The summed E-state index contributed by atoms with van der Waals surface area (Å²) in [5.74, 6) is 0.311. The van der Waals surface area contributed by atoms with E-state index in [0.717, 1.165) is 5.56 Å². The summed E-state index contributed by atoms with van der Waals surface area (Å²) < 4.78 is 5.25. The van der Waals surface area contributed by atoms with Gasteiger partial charge in [-0.05, 0) is 32.0 Å². The van der Waals surface area contributed by atoms with Gasteiger partial charge in [-0.15, -0.1) is 0 Å². The monoisotopic (exact) mass is 266 g/mol. The number of halogens is 1. The van der Waals surface area contributed by atoms with E-state index < -0.39 is 5.54 Å². The van der Waals surface area contributed by atoms with Crippen molar-refractivity contribution in [3.63, 3.8) is 0 Å². The van der Waals surface area contributed by atoms with Crippen LogP contribution in [-0.4, -0.2) is 13.0 Å². The van der Waals surface area contributed by atoms with Crippen LogP contribution < -0.4 is 10.1 Å². The molecule has 1 rings (SSSR count). The van der Waals surface area contributed by atoms with Crippen LogP contribution in [-0.2, 0) is 10.3 Å². The van der Waals surface area contributed by atoms with Crippen LogP contribution in [0.5, 0.6) is 5.75 Å². The number of hydrogen-bond acceptors (Lipinski definition) is 3. The first-order valence-electron chi connectivity index (χ1n) is 5.42. The number of amides is 1. The molecule has 0 aliphatic carbocycles. The summed E-state index contributed by atoms with van der Waals surface area (Å²) in [6.07, 6.45) is -0.174. The molecule has 0 radical (unpaired) electrons. The number of nitriles is 1. The van der Waals surface area contributed by atoms with Gasteiger partial charge in [0.15, 0.2) is 0 Å². The third-order valence-corrected chi connectivity index (χ3v) is 2.76. The third-order valence-electron chi connectivity index (χ3n) is 2.53. The molecule has 0 aliphatic heterocycles. The number of nitrogens with zero attached hydrogens (tertiary/aromatic N) is 1. The number of benzene rings is 1. The number of rotatable bonds is 4. The molecule has 1 aromatic rings. The van der Waals surface area contributed by atoms with Crippen LogP contribution in [0, 0.1) is 11.3 Å². The minimum atomic E-state index is -0.663. The number of nitrogens with one attached hydrogen (secondary N) is 1. The van der Waals surface area contributed by atoms with Crippen molar-refractivity contribution < 1.29 is 9.53 Å². The fourth-order valence-corrected chi connectivity index (χ4v) is 1.87. The van der Waals surface area contributed by atoms with Gasteiger partial charge in [0, 0.05) is 10.6 Å². The van der Waals surface area contributed by atoms with Gasteiger partial charge in [0.2, 0.25) is 5.91 Å². The van der Waals surface area contributed by atoms with Crippen LogP contribution in [0.3, 0.4) is 0 Å². The van der Waals surface area contributed by atoms with Crippen molar-refractivity contribution in [3.05, 3.63) is 28.8 Å². The van der Waals surface area contributed by atoms with Gasteiger partial charge in [-0.25, -0.2) is 0 Å². The van der Waals surface area contributed by atoms with Gasteiger partial charge in [0.05, 0.1) is 18.7 Å². The molecule has 1 N–H and O–H groups in total. The first-order chi connectivity index (χ1) is 8.40. The molecule has 18 heavy (non-hydrogen) atoms. The Bertz CT molecular complexity index is 492. The zero-order valence-electron chi connectivity index (χ0n) is 10.6. The SMILES string of the molecule is COc1ccc(Cl)cc1C(C)(C)NC(=O)CC#N. The standard InChI is InChI=1S/C13H15ClN2O2/c1-13(2,16-12(17)6-7-15)10-8-9(14)4-5-11(10)18-3/h4-5,8H,6H2,1-3H3,(H,16,17). The number of methoxy groups -OCH3 is 1. The summed E-state index contributed by atoms with van der Waals surface area (Å²) in [5.41, 5.74) is 0.105. The van der Waals surface area contributed by atoms with Crippen LogP contribution in [0.15, 0.2) is 18.2 Å². The Morgan fingerprint density at radius 2 is 2.22 bits per heavy atom. The van der Waals surface area contributed by atoms with Gasteiger partial charge >= 0.3 is 0 Å². The van der Waals surface area contributed by atoms with Crippen molar-refractivity contribution in [2.75, 3.05) is 7.11 Å². The van der Waals surface area contributed by atoms with Gasteiger partial charge < -0.3 is 10.1 Å². The molecule has 5 heteroatoms. The van der Waals surface area contributed by atoms with E-state index in [-0.39, 0.29) is 12.3 Å². The molecule has 0 aromatic heterocycles. The van der Waals surface area contributed by atoms with Crippen molar-refractivity contribution in [1.29, 1.82) is 5.26 Å². The average Bonchev–Trinajstić information content (AvgIpc) is 2.28. The Kier molecular flexibility index (Phi) is 4.57. The lowest BCUT2D eigenvalue weighted by atomic mass is 9.93. The molecule has 96 valence electrons. The molecule has 0 fully saturated rings. The minimum absolute atomic E-state index is 0.174. The highest BCUT2D eigenvalue weighted by Crippen LogP contribution is 2.32. The zero-order valence-corrected chi connectivity index (χ0v) is 11.3. The highest BCUT2D eigenvalue weighted by atomic mass is 35.5. The number of hydrogen-bond donors (Lipinski definition) is 1. The molecule has 4 nitrogen and oxygen atoms in total. The molecule has 0 saturated carbocycles. The second-order valence-corrected chi connectivity index (χ2v) is 4.79. The molecular weight excluding hydrogens is 252 g/mol. The number of carbonyl (C=O) groups is 1. The minimum Gasteiger partial charge on any atom is -0.496 e. The second-order valence-electron chi connectivity index (χ2n) is 4.35. The predicted octanol–water partition coefficient (Wildman–Crippen LogP) is 2.61. The number of ether oxygens (including phenoxy) is 1. The molecule has 0 heterocycles. The highest BCUT2D eigenvalue weighted by molar-refractivity contribution is 6.30. The Morgan fingerprint density at radius 1 is 1.56 bits per heavy atom. The summed E-state index contributed by atoms with van der Waals surface area (Å²) >= 11 is 5.96. The maximum absolute atomic E-state index is 11.5. The lowest BCUT2D eigenvalue weighted by Crippen LogP contribution is -2.41. The lowest BCUT2D eigenvalue weighted by Gasteiger charge is -2.28. The maximum Gasteiger partial charge on any atom is 0.234 e. The van der Waals surface area contributed by atoms with E-state index in [1.54, 1.807) is 25.3 Å². The molecule has 1 amide bonds. The van der Waals surface area contributed by atoms with Crippen molar-refractivity contribution in [1.82, 2.24) is 5.32 Å². The molecule has 1 aromatic carbocycles. The van der Waals surface area contributed by atoms with Crippen LogP contribution in [0.2, 0.25) is 5.02 Å². The van der Waals surface area contributed by atoms with Crippen molar-refractivity contribution in [2.24, 2.45) is 0 Å². The Morgan fingerprint density at radius 3 is 2.78 bits per heavy atom. The van der Waals surface area contributed by atoms with Crippen LogP contribution in [0.1, 0.15) is 25.8 Å². The third kappa shape index (κ3) is 3.38. The van der Waals surface area contributed by atoms with Crippen LogP contribution in [0.25, 0.3) is 0 Å². The van der Waals surface area contributed by atoms with Crippen molar-refractivity contribution in [2.45, 2.75) is 25.8 Å². The smallest absolute Gasteiger partial charge is 0.234 e. The van der Waals surface area contributed by atoms with Gasteiger partial charge in [0.25, 0.3) is 0 Å². The Balaban J connectivity index is 3.07. The van der Waals surface area contributed by atoms with E-state index in [0.29, 0.717) is 10.8 Å². The topological polar surface area (TPSA) is 62.1 Å². The average molecular weight is 267 g/mol. The largest absolute Gasteiger partial charge is 0.496 e. The lowest BCUT2D eigenvalue weighted by molar-refractivity contribution is -0.121. The van der Waals surface area contributed by atoms with Crippen LogP contribution in [0.4, 0.5) is 0 Å². The van der Waals surface area contributed by atoms with Gasteiger partial charge in [-0.2, -0.15) is 5.26 Å². The second kappa shape index (κ2) is 5.74. The van der Waals surface area contributed by atoms with E-state index in [4.69, 9.17) is 21.6 Å². The van der Waals surface area contributed by atoms with Gasteiger partial charge in [0.1, 0.15) is 12.2 Å². The first-order valence-corrected chi connectivity index (χ1v) is 5.80. The molecular formula is C13H15ClN2O2. The normalized spacial score (nSPS) is 10.6. The zero-order chi connectivity index (χ0) is 13.8. The van der Waals surface area contributed by atoms with Crippen LogP contribution >= 0.6 is 11.6 Å². The fraction of sp³-hybridized carbons (Fsp3) is 0.385. The van der Waals surface area contributed by atoms with E-state index >= 15 is 0 Å². The van der Waals surface area contributed by atoms with Crippen molar-refractivity contribution >= 4 is 17.5 Å². The number of carbonyl (C=O) groups excluding carboxylic acids is 1. The highest BCUT2D eigenvalue weighted by Gasteiger charge is 2.26. The molecule has 0 bridgehead atoms.